The molecule has 2 aromatic carbocycles. The van der Waals surface area contributed by atoms with Crippen molar-refractivity contribution in [1.29, 1.82) is 0 Å². The van der Waals surface area contributed by atoms with Crippen molar-refractivity contribution in [2.24, 2.45) is 0 Å². The number of thiazole rings is 1. The van der Waals surface area contributed by atoms with Crippen LogP contribution in [0.4, 0.5) is 15.3 Å². The van der Waals surface area contributed by atoms with E-state index in [4.69, 9.17) is 15.2 Å². The van der Waals surface area contributed by atoms with E-state index >= 15 is 0 Å². The molecule has 144 valence electrons. The van der Waals surface area contributed by atoms with Crippen molar-refractivity contribution in [2.45, 2.75) is 18.9 Å². The standard InChI is InChI=1S/C20H18FN3O3S/c1-26-15-7-6-11(8-16(15)27-10-12-4-2-3-5-14(12)21)13-9-17(25)23-19-18(13)28-20(22)24-19/h2-8,13H,9-10H2,1H3,(H2,22,24)(H,23,25). The van der Waals surface area contributed by atoms with Gasteiger partial charge in [0.15, 0.2) is 16.6 Å². The minimum absolute atomic E-state index is 0.0659. The lowest BCUT2D eigenvalue weighted by Gasteiger charge is -2.22. The van der Waals surface area contributed by atoms with E-state index in [9.17, 15) is 9.18 Å². The Labute approximate surface area is 165 Å². The molecule has 0 aliphatic carbocycles. The van der Waals surface area contributed by atoms with E-state index in [-0.39, 0.29) is 30.7 Å². The summed E-state index contributed by atoms with van der Waals surface area (Å²) in [5, 5.41) is 3.16. The van der Waals surface area contributed by atoms with Crippen molar-refractivity contribution >= 4 is 28.2 Å². The molecule has 1 amide bonds. The van der Waals surface area contributed by atoms with Crippen LogP contribution in [0.25, 0.3) is 0 Å². The fourth-order valence-electron chi connectivity index (χ4n) is 3.20. The number of ether oxygens (including phenoxy) is 2. The number of carbonyl (C=O) groups is 1. The number of hydrogen-bond donors (Lipinski definition) is 2. The normalized spacial score (nSPS) is 15.6. The zero-order valence-corrected chi connectivity index (χ0v) is 15.9. The van der Waals surface area contributed by atoms with Gasteiger partial charge in [-0.15, -0.1) is 0 Å². The number of carbonyl (C=O) groups excluding carboxylic acids is 1. The molecule has 3 N–H and O–H groups in total. The van der Waals surface area contributed by atoms with Crippen LogP contribution in [-0.4, -0.2) is 18.0 Å². The molecule has 0 fully saturated rings. The Hall–Kier alpha value is -3.13. The van der Waals surface area contributed by atoms with Crippen LogP contribution >= 0.6 is 11.3 Å². The van der Waals surface area contributed by atoms with Crippen molar-refractivity contribution in [3.8, 4) is 11.5 Å². The predicted molar refractivity (Wildman–Crippen MR) is 105 cm³/mol. The van der Waals surface area contributed by atoms with Gasteiger partial charge in [-0.3, -0.25) is 4.79 Å². The number of hydrogen-bond acceptors (Lipinski definition) is 6. The molecule has 1 aliphatic rings. The minimum atomic E-state index is -0.327. The first-order chi connectivity index (χ1) is 13.5. The SMILES string of the molecule is COc1ccc(C2CC(=O)Nc3nc(N)sc32)cc1OCc1ccccc1F. The quantitative estimate of drug-likeness (QED) is 0.679. The van der Waals surface area contributed by atoms with E-state index in [1.54, 1.807) is 31.4 Å². The minimum Gasteiger partial charge on any atom is -0.493 e. The number of rotatable bonds is 5. The van der Waals surface area contributed by atoms with Crippen LogP contribution in [0.3, 0.4) is 0 Å². The predicted octanol–water partition coefficient (Wildman–Crippen LogP) is 3.93. The lowest BCUT2D eigenvalue weighted by molar-refractivity contribution is -0.116. The van der Waals surface area contributed by atoms with Crippen LogP contribution in [0, 0.1) is 5.82 Å². The Morgan fingerprint density at radius 3 is 2.89 bits per heavy atom. The highest BCUT2D eigenvalue weighted by molar-refractivity contribution is 7.16. The lowest BCUT2D eigenvalue weighted by Crippen LogP contribution is -2.22. The van der Waals surface area contributed by atoms with E-state index in [1.807, 2.05) is 12.1 Å². The summed E-state index contributed by atoms with van der Waals surface area (Å²) in [4.78, 5) is 17.2. The average molecular weight is 399 g/mol. The summed E-state index contributed by atoms with van der Waals surface area (Å²) in [6, 6.07) is 11.9. The summed E-state index contributed by atoms with van der Waals surface area (Å²) in [5.41, 5.74) is 7.15. The summed E-state index contributed by atoms with van der Waals surface area (Å²) >= 11 is 1.35. The van der Waals surface area contributed by atoms with Crippen LogP contribution < -0.4 is 20.5 Å². The molecule has 28 heavy (non-hydrogen) atoms. The van der Waals surface area contributed by atoms with Gasteiger partial charge in [0, 0.05) is 17.9 Å². The number of anilines is 2. The molecular weight excluding hydrogens is 381 g/mol. The summed E-state index contributed by atoms with van der Waals surface area (Å²) in [5.74, 6) is 0.894. The Balaban J connectivity index is 1.65. The Bertz CT molecular complexity index is 1040. The number of nitrogens with two attached hydrogens (primary N) is 1. The molecule has 1 unspecified atom stereocenters. The molecule has 6 nitrogen and oxygen atoms in total. The van der Waals surface area contributed by atoms with Gasteiger partial charge in [-0.25, -0.2) is 9.37 Å². The molecule has 1 aliphatic heterocycles. The first-order valence-electron chi connectivity index (χ1n) is 8.65. The van der Waals surface area contributed by atoms with E-state index in [0.717, 1.165) is 10.4 Å². The molecule has 1 atom stereocenters. The van der Waals surface area contributed by atoms with E-state index in [1.165, 1.54) is 17.4 Å². The molecule has 4 rings (SSSR count). The molecule has 0 spiro atoms. The largest absolute Gasteiger partial charge is 0.493 e. The number of nitrogen functional groups attached to an aromatic ring is 1. The maximum Gasteiger partial charge on any atom is 0.226 e. The molecule has 2 heterocycles. The number of aromatic nitrogens is 1. The van der Waals surface area contributed by atoms with E-state index in [0.29, 0.717) is 28.0 Å². The van der Waals surface area contributed by atoms with Crippen LogP contribution in [0.2, 0.25) is 0 Å². The molecule has 0 saturated heterocycles. The average Bonchev–Trinajstić information content (AvgIpc) is 3.06. The molecule has 3 aromatic rings. The number of nitrogens with zero attached hydrogens (tertiary/aromatic N) is 1. The lowest BCUT2D eigenvalue weighted by atomic mass is 9.91. The van der Waals surface area contributed by atoms with Crippen molar-refractivity contribution in [1.82, 2.24) is 4.98 Å². The second-order valence-electron chi connectivity index (χ2n) is 6.36. The molecule has 8 heteroatoms. The van der Waals surface area contributed by atoms with Gasteiger partial charge < -0.3 is 20.5 Å². The molecule has 0 saturated carbocycles. The van der Waals surface area contributed by atoms with Gasteiger partial charge in [-0.05, 0) is 23.8 Å². The molecular formula is C20H18FN3O3S. The highest BCUT2D eigenvalue weighted by Gasteiger charge is 2.30. The first kappa shape index (κ1) is 18.2. The number of methoxy groups -OCH3 is 1. The second-order valence-corrected chi connectivity index (χ2v) is 7.42. The van der Waals surface area contributed by atoms with Crippen molar-refractivity contribution in [3.05, 3.63) is 64.3 Å². The number of nitrogens with one attached hydrogen (secondary N) is 1. The Morgan fingerprint density at radius 2 is 2.11 bits per heavy atom. The number of benzene rings is 2. The van der Waals surface area contributed by atoms with E-state index in [2.05, 4.69) is 10.3 Å². The fourth-order valence-corrected chi connectivity index (χ4v) is 4.12. The van der Waals surface area contributed by atoms with Gasteiger partial charge in [0.2, 0.25) is 5.91 Å². The van der Waals surface area contributed by atoms with Crippen LogP contribution in [0.15, 0.2) is 42.5 Å². The monoisotopic (exact) mass is 399 g/mol. The number of halogens is 1. The second kappa shape index (κ2) is 7.47. The van der Waals surface area contributed by atoms with Crippen LogP contribution in [0.5, 0.6) is 11.5 Å². The van der Waals surface area contributed by atoms with Crippen molar-refractivity contribution < 1.29 is 18.7 Å². The third kappa shape index (κ3) is 3.50. The van der Waals surface area contributed by atoms with Crippen molar-refractivity contribution in [2.75, 3.05) is 18.2 Å². The summed E-state index contributed by atoms with van der Waals surface area (Å²) in [7, 11) is 1.54. The van der Waals surface area contributed by atoms with Gasteiger partial charge in [0.25, 0.3) is 0 Å². The summed E-state index contributed by atoms with van der Waals surface area (Å²) in [6.07, 6.45) is 0.285. The molecule has 1 aromatic heterocycles. The van der Waals surface area contributed by atoms with Gasteiger partial charge in [0.1, 0.15) is 18.2 Å². The summed E-state index contributed by atoms with van der Waals surface area (Å²) < 4.78 is 25.1. The zero-order chi connectivity index (χ0) is 19.7. The smallest absolute Gasteiger partial charge is 0.226 e. The third-order valence-electron chi connectivity index (χ3n) is 4.56. The topological polar surface area (TPSA) is 86.5 Å². The molecule has 0 radical (unpaired) electrons. The third-order valence-corrected chi connectivity index (χ3v) is 5.56. The fraction of sp³-hybridized carbons (Fsp3) is 0.200. The first-order valence-corrected chi connectivity index (χ1v) is 9.47. The maximum absolute atomic E-state index is 13.9. The van der Waals surface area contributed by atoms with Crippen LogP contribution in [0.1, 0.15) is 28.3 Å². The highest BCUT2D eigenvalue weighted by atomic mass is 32.1. The molecule has 0 bridgehead atoms. The van der Waals surface area contributed by atoms with Gasteiger partial charge in [0.05, 0.1) is 12.0 Å². The Morgan fingerprint density at radius 1 is 1.29 bits per heavy atom. The zero-order valence-electron chi connectivity index (χ0n) is 15.1. The maximum atomic E-state index is 13.9. The highest BCUT2D eigenvalue weighted by Crippen LogP contribution is 2.43. The van der Waals surface area contributed by atoms with Gasteiger partial charge in [-0.2, -0.15) is 0 Å². The van der Waals surface area contributed by atoms with E-state index < -0.39 is 0 Å². The number of amides is 1. The number of fused-ring (bicyclic) bond motifs is 1. The van der Waals surface area contributed by atoms with Gasteiger partial charge >= 0.3 is 0 Å². The Kier molecular flexibility index (Phi) is 4.87. The van der Waals surface area contributed by atoms with Crippen LogP contribution in [-0.2, 0) is 11.4 Å². The van der Waals surface area contributed by atoms with Crippen molar-refractivity contribution in [3.63, 3.8) is 0 Å². The summed E-state index contributed by atoms with van der Waals surface area (Å²) in [6.45, 7) is 0.0659. The van der Waals surface area contributed by atoms with Gasteiger partial charge in [-0.1, -0.05) is 35.6 Å².